The maximum absolute atomic E-state index is 11.4. The molecule has 5 heteroatoms. The third kappa shape index (κ3) is 2.10. The Morgan fingerprint density at radius 1 is 1.30 bits per heavy atom. The minimum absolute atomic E-state index is 0.302. The standard InChI is InChI=1S/C15H14N2O2S/c1-9-6-7-11(20-9)8-17-10(2)16-13-5-3-4-12(14(13)17)15(18)19/h3-7H,8H2,1-2H3,(H,18,19). The highest BCUT2D eigenvalue weighted by atomic mass is 32.1. The number of hydrogen-bond donors (Lipinski definition) is 1. The Morgan fingerprint density at radius 3 is 2.75 bits per heavy atom. The van der Waals surface area contributed by atoms with Gasteiger partial charge in [-0.25, -0.2) is 9.78 Å². The number of carboxylic acids is 1. The molecule has 1 aromatic carbocycles. The Morgan fingerprint density at radius 2 is 2.10 bits per heavy atom. The largest absolute Gasteiger partial charge is 0.478 e. The lowest BCUT2D eigenvalue weighted by Crippen LogP contribution is -2.05. The maximum atomic E-state index is 11.4. The quantitative estimate of drug-likeness (QED) is 0.802. The summed E-state index contributed by atoms with van der Waals surface area (Å²) in [6.45, 7) is 4.63. The zero-order chi connectivity index (χ0) is 14.3. The van der Waals surface area contributed by atoms with Crippen LogP contribution in [-0.2, 0) is 6.54 Å². The molecule has 0 saturated carbocycles. The first-order chi connectivity index (χ1) is 9.56. The second kappa shape index (κ2) is 4.76. The number of rotatable bonds is 3. The van der Waals surface area contributed by atoms with Gasteiger partial charge in [-0.15, -0.1) is 11.3 Å². The number of carboxylic acid groups (broad SMARTS) is 1. The zero-order valence-electron chi connectivity index (χ0n) is 11.3. The fraction of sp³-hybridized carbons (Fsp3) is 0.200. The molecule has 3 aromatic rings. The van der Waals surface area contributed by atoms with Crippen molar-refractivity contribution < 1.29 is 9.90 Å². The lowest BCUT2D eigenvalue weighted by Gasteiger charge is -2.07. The summed E-state index contributed by atoms with van der Waals surface area (Å²) >= 11 is 1.72. The molecule has 2 heterocycles. The highest BCUT2D eigenvalue weighted by molar-refractivity contribution is 7.11. The molecule has 0 spiro atoms. The van der Waals surface area contributed by atoms with Crippen LogP contribution in [0.15, 0.2) is 30.3 Å². The number of benzene rings is 1. The molecule has 0 aliphatic rings. The van der Waals surface area contributed by atoms with Gasteiger partial charge >= 0.3 is 5.97 Å². The summed E-state index contributed by atoms with van der Waals surface area (Å²) in [5.41, 5.74) is 1.73. The number of hydrogen-bond acceptors (Lipinski definition) is 3. The molecule has 4 nitrogen and oxygen atoms in total. The van der Waals surface area contributed by atoms with Crippen LogP contribution in [0.3, 0.4) is 0 Å². The first-order valence-electron chi connectivity index (χ1n) is 6.30. The van der Waals surface area contributed by atoms with Crippen LogP contribution in [0.1, 0.15) is 25.9 Å². The molecule has 0 atom stereocenters. The summed E-state index contributed by atoms with van der Waals surface area (Å²) in [7, 11) is 0. The van der Waals surface area contributed by atoms with E-state index in [0.717, 1.165) is 11.3 Å². The SMILES string of the molecule is Cc1ccc(Cn2c(C)nc3cccc(C(=O)O)c32)s1. The molecule has 3 rings (SSSR count). The fourth-order valence-electron chi connectivity index (χ4n) is 2.39. The lowest BCUT2D eigenvalue weighted by molar-refractivity contribution is 0.0698. The van der Waals surface area contributed by atoms with E-state index in [4.69, 9.17) is 0 Å². The van der Waals surface area contributed by atoms with Crippen LogP contribution in [0, 0.1) is 13.8 Å². The molecule has 2 aromatic heterocycles. The highest BCUT2D eigenvalue weighted by Crippen LogP contribution is 2.24. The van der Waals surface area contributed by atoms with Gasteiger partial charge in [0.25, 0.3) is 0 Å². The monoisotopic (exact) mass is 286 g/mol. The van der Waals surface area contributed by atoms with E-state index < -0.39 is 5.97 Å². The predicted molar refractivity (Wildman–Crippen MR) is 79.6 cm³/mol. The zero-order valence-corrected chi connectivity index (χ0v) is 12.1. The van der Waals surface area contributed by atoms with Crippen LogP contribution in [0.4, 0.5) is 0 Å². The van der Waals surface area contributed by atoms with Crippen molar-refractivity contribution in [1.29, 1.82) is 0 Å². The van der Waals surface area contributed by atoms with Crippen molar-refractivity contribution in [3.8, 4) is 0 Å². The third-order valence-electron chi connectivity index (χ3n) is 3.30. The van der Waals surface area contributed by atoms with Crippen molar-refractivity contribution in [2.24, 2.45) is 0 Å². The summed E-state index contributed by atoms with van der Waals surface area (Å²) < 4.78 is 1.98. The van der Waals surface area contributed by atoms with Gasteiger partial charge in [0.2, 0.25) is 0 Å². The molecule has 0 radical (unpaired) electrons. The molecule has 0 aliphatic carbocycles. The number of thiophene rings is 1. The summed E-state index contributed by atoms with van der Waals surface area (Å²) in [6, 6.07) is 9.37. The van der Waals surface area contributed by atoms with Gasteiger partial charge in [0.05, 0.1) is 23.1 Å². The smallest absolute Gasteiger partial charge is 0.337 e. The van der Waals surface area contributed by atoms with Crippen molar-refractivity contribution in [2.45, 2.75) is 20.4 Å². The Balaban J connectivity index is 2.18. The molecule has 20 heavy (non-hydrogen) atoms. The Kier molecular flexibility index (Phi) is 3.06. The van der Waals surface area contributed by atoms with Gasteiger partial charge in [-0.1, -0.05) is 6.07 Å². The lowest BCUT2D eigenvalue weighted by atomic mass is 10.2. The van der Waals surface area contributed by atoms with Gasteiger partial charge in [-0.2, -0.15) is 0 Å². The number of fused-ring (bicyclic) bond motifs is 1. The molecule has 0 fully saturated rings. The molecule has 0 amide bonds. The van der Waals surface area contributed by atoms with E-state index in [0.29, 0.717) is 17.6 Å². The average Bonchev–Trinajstić information content (AvgIpc) is 2.94. The van der Waals surface area contributed by atoms with Crippen LogP contribution < -0.4 is 0 Å². The number of aromatic carboxylic acids is 1. The van der Waals surface area contributed by atoms with E-state index in [9.17, 15) is 9.90 Å². The maximum Gasteiger partial charge on any atom is 0.337 e. The molecular weight excluding hydrogens is 272 g/mol. The van der Waals surface area contributed by atoms with Gasteiger partial charge < -0.3 is 9.67 Å². The Hall–Kier alpha value is -2.14. The van der Waals surface area contributed by atoms with Crippen LogP contribution in [0.2, 0.25) is 0 Å². The van der Waals surface area contributed by atoms with Crippen LogP contribution in [-0.4, -0.2) is 20.6 Å². The number of carbonyl (C=O) groups is 1. The summed E-state index contributed by atoms with van der Waals surface area (Å²) in [6.07, 6.45) is 0. The van der Waals surface area contributed by atoms with Gasteiger partial charge in [0, 0.05) is 9.75 Å². The van der Waals surface area contributed by atoms with E-state index >= 15 is 0 Å². The van der Waals surface area contributed by atoms with Gasteiger partial charge in [-0.3, -0.25) is 0 Å². The van der Waals surface area contributed by atoms with Crippen molar-refractivity contribution in [2.75, 3.05) is 0 Å². The Bertz CT molecular complexity index is 801. The van der Waals surface area contributed by atoms with Crippen molar-refractivity contribution in [1.82, 2.24) is 9.55 Å². The number of aromatic nitrogens is 2. The van der Waals surface area contributed by atoms with Crippen molar-refractivity contribution >= 4 is 28.3 Å². The van der Waals surface area contributed by atoms with E-state index in [2.05, 4.69) is 24.0 Å². The summed E-state index contributed by atoms with van der Waals surface area (Å²) in [5, 5.41) is 9.35. The molecule has 0 aliphatic heterocycles. The van der Waals surface area contributed by atoms with E-state index in [-0.39, 0.29) is 0 Å². The number of para-hydroxylation sites is 1. The second-order valence-corrected chi connectivity index (χ2v) is 6.11. The van der Waals surface area contributed by atoms with Gasteiger partial charge in [-0.05, 0) is 38.1 Å². The van der Waals surface area contributed by atoms with Gasteiger partial charge in [0.1, 0.15) is 5.82 Å². The average molecular weight is 286 g/mol. The van der Waals surface area contributed by atoms with Gasteiger partial charge in [0.15, 0.2) is 0 Å². The molecule has 0 unspecified atom stereocenters. The second-order valence-electron chi connectivity index (χ2n) is 4.74. The number of aryl methyl sites for hydroxylation is 2. The van der Waals surface area contributed by atoms with E-state index in [1.165, 1.54) is 9.75 Å². The molecule has 0 saturated heterocycles. The third-order valence-corrected chi connectivity index (χ3v) is 4.28. The molecule has 102 valence electrons. The molecule has 0 bridgehead atoms. The number of nitrogens with zero attached hydrogens (tertiary/aromatic N) is 2. The van der Waals surface area contributed by atoms with Crippen molar-refractivity contribution in [3.63, 3.8) is 0 Å². The Labute approximate surface area is 120 Å². The topological polar surface area (TPSA) is 55.1 Å². The van der Waals surface area contributed by atoms with Crippen LogP contribution in [0.5, 0.6) is 0 Å². The van der Waals surface area contributed by atoms with E-state index in [1.807, 2.05) is 17.6 Å². The summed E-state index contributed by atoms with van der Waals surface area (Å²) in [4.78, 5) is 18.3. The normalized spacial score (nSPS) is 11.1. The number of imidazole rings is 1. The van der Waals surface area contributed by atoms with Crippen LogP contribution in [0.25, 0.3) is 11.0 Å². The molecular formula is C15H14N2O2S. The minimum Gasteiger partial charge on any atom is -0.478 e. The van der Waals surface area contributed by atoms with E-state index in [1.54, 1.807) is 23.5 Å². The van der Waals surface area contributed by atoms with Crippen LogP contribution >= 0.6 is 11.3 Å². The van der Waals surface area contributed by atoms with Crippen molar-refractivity contribution in [3.05, 3.63) is 51.5 Å². The first kappa shape index (κ1) is 12.9. The highest BCUT2D eigenvalue weighted by Gasteiger charge is 2.16. The minimum atomic E-state index is -0.917. The predicted octanol–water partition coefficient (Wildman–Crippen LogP) is 3.46. The fourth-order valence-corrected chi connectivity index (χ4v) is 3.27. The molecule has 1 N–H and O–H groups in total. The summed E-state index contributed by atoms with van der Waals surface area (Å²) in [5.74, 6) is -0.0844. The first-order valence-corrected chi connectivity index (χ1v) is 7.12.